The lowest BCUT2D eigenvalue weighted by atomic mass is 10.1. The molecule has 2 aromatic heterocycles. The number of nitrogens with zero attached hydrogens (tertiary/aromatic N) is 3. The van der Waals surface area contributed by atoms with Crippen molar-refractivity contribution < 1.29 is 0 Å². The summed E-state index contributed by atoms with van der Waals surface area (Å²) in [6.07, 6.45) is 8.75. The minimum Gasteiger partial charge on any atom is -0.365 e. The van der Waals surface area contributed by atoms with Crippen LogP contribution < -0.4 is 10.6 Å². The van der Waals surface area contributed by atoms with E-state index in [9.17, 15) is 0 Å². The molecule has 0 saturated heterocycles. The predicted octanol–water partition coefficient (Wildman–Crippen LogP) is 1.06. The number of hydrogen-bond donors (Lipinski definition) is 2. The summed E-state index contributed by atoms with van der Waals surface area (Å²) in [5.41, 5.74) is 2.45. The summed E-state index contributed by atoms with van der Waals surface area (Å²) < 4.78 is 1.83. The Hall–Kier alpha value is -1.88. The van der Waals surface area contributed by atoms with Crippen molar-refractivity contribution in [3.05, 3.63) is 36.3 Å². The first-order valence-corrected chi connectivity index (χ1v) is 5.84. The topological polar surface area (TPSA) is 54.2 Å². The zero-order chi connectivity index (χ0) is 11.5. The highest BCUT2D eigenvalue weighted by atomic mass is 15.2. The molecule has 0 atom stereocenters. The molecule has 0 amide bonds. The fourth-order valence-electron chi connectivity index (χ4n) is 2.02. The van der Waals surface area contributed by atoms with Gasteiger partial charge in [0.05, 0.1) is 6.20 Å². The number of nitrogens with one attached hydrogen (secondary N) is 2. The third kappa shape index (κ3) is 2.14. The maximum absolute atomic E-state index is 4.35. The lowest BCUT2D eigenvalue weighted by Gasteiger charge is -2.15. The molecule has 0 radical (unpaired) electrons. The molecule has 5 heteroatoms. The van der Waals surface area contributed by atoms with Gasteiger partial charge in [0.1, 0.15) is 5.52 Å². The Balaban J connectivity index is 1.76. The van der Waals surface area contributed by atoms with Gasteiger partial charge in [0, 0.05) is 25.5 Å². The third-order valence-corrected chi connectivity index (χ3v) is 2.97. The van der Waals surface area contributed by atoms with Crippen LogP contribution in [0, 0.1) is 0 Å². The van der Waals surface area contributed by atoms with Crippen LogP contribution in [0.5, 0.6) is 0 Å². The Kier molecular flexibility index (Phi) is 2.75. The molecule has 0 aliphatic carbocycles. The summed E-state index contributed by atoms with van der Waals surface area (Å²) in [6, 6.07) is 1.96. The van der Waals surface area contributed by atoms with E-state index in [2.05, 4.69) is 26.8 Å². The molecule has 1 aliphatic heterocycles. The maximum atomic E-state index is 4.35. The SMILES string of the molecule is C1=C(CNc2nccn3nccc23)CCNC1. The molecular formula is C12H15N5. The van der Waals surface area contributed by atoms with E-state index in [-0.39, 0.29) is 0 Å². The van der Waals surface area contributed by atoms with Crippen LogP contribution in [0.3, 0.4) is 0 Å². The van der Waals surface area contributed by atoms with E-state index in [4.69, 9.17) is 0 Å². The highest BCUT2D eigenvalue weighted by Crippen LogP contribution is 2.13. The minimum absolute atomic E-state index is 0.861. The van der Waals surface area contributed by atoms with Crippen LogP contribution in [-0.2, 0) is 0 Å². The maximum Gasteiger partial charge on any atom is 0.152 e. The molecule has 5 nitrogen and oxygen atoms in total. The van der Waals surface area contributed by atoms with E-state index in [0.717, 1.165) is 37.4 Å². The largest absolute Gasteiger partial charge is 0.365 e. The Morgan fingerprint density at radius 1 is 1.41 bits per heavy atom. The summed E-state index contributed by atoms with van der Waals surface area (Å²) >= 11 is 0. The molecule has 0 fully saturated rings. The Morgan fingerprint density at radius 2 is 2.41 bits per heavy atom. The van der Waals surface area contributed by atoms with Gasteiger partial charge in [0.15, 0.2) is 5.82 Å². The van der Waals surface area contributed by atoms with Crippen molar-refractivity contribution >= 4 is 11.3 Å². The number of rotatable bonds is 3. The second-order valence-electron chi connectivity index (χ2n) is 4.11. The second-order valence-corrected chi connectivity index (χ2v) is 4.11. The molecule has 0 bridgehead atoms. The van der Waals surface area contributed by atoms with Crippen LogP contribution in [0.15, 0.2) is 36.3 Å². The lowest BCUT2D eigenvalue weighted by molar-refractivity contribution is 0.697. The monoisotopic (exact) mass is 229 g/mol. The van der Waals surface area contributed by atoms with Crippen molar-refractivity contribution in [1.29, 1.82) is 0 Å². The van der Waals surface area contributed by atoms with E-state index >= 15 is 0 Å². The molecule has 0 aromatic carbocycles. The molecule has 17 heavy (non-hydrogen) atoms. The van der Waals surface area contributed by atoms with Gasteiger partial charge < -0.3 is 10.6 Å². The van der Waals surface area contributed by atoms with Crippen molar-refractivity contribution in [1.82, 2.24) is 19.9 Å². The van der Waals surface area contributed by atoms with E-state index in [1.165, 1.54) is 5.57 Å². The van der Waals surface area contributed by atoms with Gasteiger partial charge in [0.25, 0.3) is 0 Å². The summed E-state index contributed by atoms with van der Waals surface area (Å²) in [7, 11) is 0. The van der Waals surface area contributed by atoms with Crippen LogP contribution in [0.4, 0.5) is 5.82 Å². The Bertz CT molecular complexity index is 543. The average molecular weight is 229 g/mol. The standard InChI is InChI=1S/C12H15N5/c1-4-13-5-2-10(1)9-15-12-11-3-6-16-17(11)8-7-14-12/h1,3,6-8,13H,2,4-5,9H2,(H,14,15). The highest BCUT2D eigenvalue weighted by Gasteiger charge is 2.05. The summed E-state index contributed by atoms with van der Waals surface area (Å²) in [5.74, 6) is 0.893. The fraction of sp³-hybridized carbons (Fsp3) is 0.333. The summed E-state index contributed by atoms with van der Waals surface area (Å²) in [5, 5.41) is 10.9. The molecule has 0 spiro atoms. The van der Waals surface area contributed by atoms with Gasteiger partial charge in [-0.1, -0.05) is 11.6 Å². The van der Waals surface area contributed by atoms with Crippen LogP contribution in [0.25, 0.3) is 5.52 Å². The van der Waals surface area contributed by atoms with Gasteiger partial charge in [0.2, 0.25) is 0 Å². The molecule has 1 aliphatic rings. The first-order valence-electron chi connectivity index (χ1n) is 5.84. The van der Waals surface area contributed by atoms with Gasteiger partial charge >= 0.3 is 0 Å². The van der Waals surface area contributed by atoms with Gasteiger partial charge in [-0.3, -0.25) is 0 Å². The quantitative estimate of drug-likeness (QED) is 0.773. The molecule has 3 rings (SSSR count). The Morgan fingerprint density at radius 3 is 3.29 bits per heavy atom. The second kappa shape index (κ2) is 4.55. The average Bonchev–Trinajstić information content (AvgIpc) is 2.86. The first kappa shape index (κ1) is 10.3. The molecular weight excluding hydrogens is 214 g/mol. The number of fused-ring (bicyclic) bond motifs is 1. The number of hydrogen-bond acceptors (Lipinski definition) is 4. The fourth-order valence-corrected chi connectivity index (χ4v) is 2.02. The van der Waals surface area contributed by atoms with Crippen LogP contribution in [-0.4, -0.2) is 34.2 Å². The van der Waals surface area contributed by atoms with Crippen molar-refractivity contribution in [2.45, 2.75) is 6.42 Å². The number of aromatic nitrogens is 3. The van der Waals surface area contributed by atoms with Crippen LogP contribution in [0.1, 0.15) is 6.42 Å². The van der Waals surface area contributed by atoms with Crippen molar-refractivity contribution in [2.75, 3.05) is 25.0 Å². The number of anilines is 1. The third-order valence-electron chi connectivity index (χ3n) is 2.97. The highest BCUT2D eigenvalue weighted by molar-refractivity contribution is 5.67. The van der Waals surface area contributed by atoms with E-state index in [1.807, 2.05) is 16.8 Å². The lowest BCUT2D eigenvalue weighted by Crippen LogP contribution is -2.23. The zero-order valence-electron chi connectivity index (χ0n) is 9.56. The zero-order valence-corrected chi connectivity index (χ0v) is 9.56. The normalized spacial score (nSPS) is 15.9. The van der Waals surface area contributed by atoms with Gasteiger partial charge in [-0.25, -0.2) is 9.50 Å². The Labute approximate surface area is 99.6 Å². The summed E-state index contributed by atoms with van der Waals surface area (Å²) in [4.78, 5) is 4.35. The smallest absolute Gasteiger partial charge is 0.152 e. The molecule has 2 N–H and O–H groups in total. The molecule has 0 unspecified atom stereocenters. The first-order chi connectivity index (χ1) is 8.43. The van der Waals surface area contributed by atoms with Gasteiger partial charge in [-0.15, -0.1) is 0 Å². The molecule has 2 aromatic rings. The van der Waals surface area contributed by atoms with Crippen molar-refractivity contribution in [2.24, 2.45) is 0 Å². The van der Waals surface area contributed by atoms with E-state index in [0.29, 0.717) is 0 Å². The molecule has 0 saturated carbocycles. The van der Waals surface area contributed by atoms with Crippen molar-refractivity contribution in [3.8, 4) is 0 Å². The van der Waals surface area contributed by atoms with Crippen LogP contribution in [0.2, 0.25) is 0 Å². The van der Waals surface area contributed by atoms with Gasteiger partial charge in [-0.05, 0) is 19.0 Å². The summed E-state index contributed by atoms with van der Waals surface area (Å²) in [6.45, 7) is 2.90. The molecule has 3 heterocycles. The molecule has 88 valence electrons. The van der Waals surface area contributed by atoms with E-state index in [1.54, 1.807) is 12.4 Å². The van der Waals surface area contributed by atoms with Crippen LogP contribution >= 0.6 is 0 Å². The van der Waals surface area contributed by atoms with E-state index < -0.39 is 0 Å². The predicted molar refractivity (Wildman–Crippen MR) is 67.0 cm³/mol. The minimum atomic E-state index is 0.861. The van der Waals surface area contributed by atoms with Crippen molar-refractivity contribution in [3.63, 3.8) is 0 Å². The van der Waals surface area contributed by atoms with Gasteiger partial charge in [-0.2, -0.15) is 5.10 Å².